The summed E-state index contributed by atoms with van der Waals surface area (Å²) in [6.45, 7) is 37.5. The van der Waals surface area contributed by atoms with Crippen molar-refractivity contribution in [1.29, 1.82) is 0 Å². The lowest BCUT2D eigenvalue weighted by Crippen LogP contribution is -2.68. The number of hydrogen-bond donors (Lipinski definition) is 2. The molecule has 49 heavy (non-hydrogen) atoms. The van der Waals surface area contributed by atoms with Gasteiger partial charge in [-0.2, -0.15) is 0 Å². The van der Waals surface area contributed by atoms with Crippen LogP contribution < -0.4 is 10.4 Å². The first-order chi connectivity index (χ1) is 21.7. The second kappa shape index (κ2) is 15.6. The van der Waals surface area contributed by atoms with E-state index < -0.39 is 76.6 Å². The van der Waals surface area contributed by atoms with Crippen LogP contribution in [-0.4, -0.2) is 86.8 Å². The van der Waals surface area contributed by atoms with E-state index in [4.69, 9.17) is 32.9 Å². The normalized spacial score (nSPS) is 16.7. The first-order valence-corrected chi connectivity index (χ1v) is 42.4. The molecule has 0 heterocycles. The minimum Gasteiger partial charge on any atom is -0.508 e. The van der Waals surface area contributed by atoms with Crippen molar-refractivity contribution < 1.29 is 43.1 Å². The molecule has 0 aromatic heterocycles. The summed E-state index contributed by atoms with van der Waals surface area (Å²) in [5.74, 6) is 0.324. The van der Waals surface area contributed by atoms with E-state index in [-0.39, 0.29) is 11.5 Å². The van der Waals surface area contributed by atoms with Crippen LogP contribution in [0.25, 0.3) is 0 Å². The standard InChI is InChI=1S/C30H64O10Si9/c1-41(2,3)33-43(7,8)35-45(11,12)37-48(17,29-23-19-27(31)20-24-29)39-47(15,16)40-49(18,30-25-21-28(32)22-26-30)38-46(13,14)36-44(9,10)34-42(4,5)6/h19-26,31-32H,1-18H3. The van der Waals surface area contributed by atoms with Crippen LogP contribution in [0.3, 0.4) is 0 Å². The molecule has 2 N–H and O–H groups in total. The van der Waals surface area contributed by atoms with Gasteiger partial charge in [0.15, 0.2) is 16.6 Å². The molecule has 10 nitrogen and oxygen atoms in total. The van der Waals surface area contributed by atoms with Gasteiger partial charge in [0.2, 0.25) is 0 Å². The highest BCUT2D eigenvalue weighted by Crippen LogP contribution is 2.31. The lowest BCUT2D eigenvalue weighted by molar-refractivity contribution is 0.266. The average Bonchev–Trinajstić information content (AvgIpc) is 2.77. The Morgan fingerprint density at radius 3 is 0.735 bits per heavy atom. The highest BCUT2D eigenvalue weighted by atomic mass is 28.5. The van der Waals surface area contributed by atoms with Gasteiger partial charge < -0.3 is 43.1 Å². The first kappa shape index (κ1) is 44.8. The Bertz CT molecular complexity index is 1280. The van der Waals surface area contributed by atoms with Gasteiger partial charge in [0, 0.05) is 0 Å². The number of benzene rings is 2. The van der Waals surface area contributed by atoms with E-state index in [1.54, 1.807) is 24.3 Å². The van der Waals surface area contributed by atoms with E-state index in [0.717, 1.165) is 10.4 Å². The summed E-state index contributed by atoms with van der Waals surface area (Å²) in [6.07, 6.45) is 0. The molecule has 0 amide bonds. The summed E-state index contributed by atoms with van der Waals surface area (Å²) < 4.78 is 55.1. The Balaban J connectivity index is 2.56. The molecule has 2 aromatic carbocycles. The second-order valence-electron chi connectivity index (χ2n) is 17.0. The predicted octanol–water partition coefficient (Wildman–Crippen LogP) is 7.67. The van der Waals surface area contributed by atoms with Crippen molar-refractivity contribution in [2.75, 3.05) is 0 Å². The largest absolute Gasteiger partial charge is 0.508 e. The summed E-state index contributed by atoms with van der Waals surface area (Å²) in [4.78, 5) is 0. The van der Waals surface area contributed by atoms with E-state index in [1.807, 2.05) is 76.6 Å². The maximum absolute atomic E-state index is 10.2. The molecule has 19 heteroatoms. The summed E-state index contributed by atoms with van der Waals surface area (Å²) >= 11 is 0. The van der Waals surface area contributed by atoms with Crippen LogP contribution in [-0.2, 0) is 32.9 Å². The predicted molar refractivity (Wildman–Crippen MR) is 221 cm³/mol. The van der Waals surface area contributed by atoms with Crippen molar-refractivity contribution in [2.45, 2.75) is 118 Å². The number of rotatable bonds is 18. The van der Waals surface area contributed by atoms with Crippen molar-refractivity contribution in [2.24, 2.45) is 0 Å². The fraction of sp³-hybridized carbons (Fsp3) is 0.600. The monoisotopic (exact) mass is 836 g/mol. The zero-order valence-electron chi connectivity index (χ0n) is 33.3. The molecule has 2 rings (SSSR count). The van der Waals surface area contributed by atoms with Crippen molar-refractivity contribution in [3.05, 3.63) is 48.5 Å². The van der Waals surface area contributed by atoms with E-state index in [1.165, 1.54) is 0 Å². The molecule has 2 aromatic rings. The lowest BCUT2D eigenvalue weighted by atomic mass is 10.3. The molecule has 0 fully saturated rings. The van der Waals surface area contributed by atoms with Crippen LogP contribution in [0.4, 0.5) is 0 Å². The Morgan fingerprint density at radius 2 is 0.510 bits per heavy atom. The van der Waals surface area contributed by atoms with Crippen LogP contribution in [0.5, 0.6) is 11.5 Å². The number of phenolic OH excluding ortho intramolecular Hbond substituents is 2. The zero-order valence-corrected chi connectivity index (χ0v) is 42.3. The molecule has 0 aliphatic carbocycles. The Morgan fingerprint density at radius 1 is 0.306 bits per heavy atom. The smallest absolute Gasteiger partial charge is 0.351 e. The van der Waals surface area contributed by atoms with Gasteiger partial charge in [0.1, 0.15) is 11.5 Å². The van der Waals surface area contributed by atoms with Crippen molar-refractivity contribution in [1.82, 2.24) is 0 Å². The number of aromatic hydroxyl groups is 2. The highest BCUT2D eigenvalue weighted by Gasteiger charge is 2.53. The van der Waals surface area contributed by atoms with Crippen molar-refractivity contribution in [3.8, 4) is 11.5 Å². The number of hydrogen-bond acceptors (Lipinski definition) is 10. The first-order valence-electron chi connectivity index (χ1n) is 16.9. The molecule has 0 aliphatic heterocycles. The molecular weight excluding hydrogens is 773 g/mol. The average molecular weight is 838 g/mol. The van der Waals surface area contributed by atoms with Crippen molar-refractivity contribution in [3.63, 3.8) is 0 Å². The Hall–Kier alpha value is -0.328. The fourth-order valence-corrected chi connectivity index (χ4v) is 49.9. The maximum Gasteiger partial charge on any atom is 0.351 e. The fourth-order valence-electron chi connectivity index (χ4n) is 6.44. The van der Waals surface area contributed by atoms with Crippen LogP contribution >= 0.6 is 0 Å². The summed E-state index contributed by atoms with van der Waals surface area (Å²) in [7, 11) is -24.1. The van der Waals surface area contributed by atoms with E-state index in [0.29, 0.717) is 0 Å². The molecule has 2 atom stereocenters. The highest BCUT2D eigenvalue weighted by molar-refractivity contribution is 6.98. The van der Waals surface area contributed by atoms with Gasteiger partial charge in [0.25, 0.3) is 0 Å². The third kappa shape index (κ3) is 15.7. The molecule has 0 saturated carbocycles. The van der Waals surface area contributed by atoms with Crippen LogP contribution in [0.15, 0.2) is 48.5 Å². The topological polar surface area (TPSA) is 114 Å². The number of phenols is 2. The molecule has 2 unspecified atom stereocenters. The van der Waals surface area contributed by atoms with Gasteiger partial charge in [-0.25, -0.2) is 0 Å². The van der Waals surface area contributed by atoms with E-state index >= 15 is 0 Å². The quantitative estimate of drug-likeness (QED) is 0.145. The molecular formula is C30H64O10Si9. The second-order valence-corrected chi connectivity index (χ2v) is 50.9. The summed E-state index contributed by atoms with van der Waals surface area (Å²) in [6, 6.07) is 14.1. The lowest BCUT2D eigenvalue weighted by Gasteiger charge is -2.46. The van der Waals surface area contributed by atoms with Gasteiger partial charge in [-0.15, -0.1) is 0 Å². The van der Waals surface area contributed by atoms with Crippen molar-refractivity contribution >= 4 is 86.9 Å². The summed E-state index contributed by atoms with van der Waals surface area (Å²) in [5, 5.41) is 22.0. The third-order valence-electron chi connectivity index (χ3n) is 6.63. The molecule has 0 aliphatic rings. The third-order valence-corrected chi connectivity index (χ3v) is 40.2. The van der Waals surface area contributed by atoms with Gasteiger partial charge >= 0.3 is 59.9 Å². The van der Waals surface area contributed by atoms with Crippen LogP contribution in [0, 0.1) is 0 Å². The van der Waals surface area contributed by atoms with Gasteiger partial charge in [0.05, 0.1) is 0 Å². The van der Waals surface area contributed by atoms with Gasteiger partial charge in [-0.3, -0.25) is 0 Å². The van der Waals surface area contributed by atoms with Crippen LogP contribution in [0.1, 0.15) is 0 Å². The molecule has 0 bridgehead atoms. The summed E-state index contributed by atoms with van der Waals surface area (Å²) in [5.41, 5.74) is 0. The minimum absolute atomic E-state index is 0.162. The van der Waals surface area contributed by atoms with Gasteiger partial charge in [-0.05, 0) is 152 Å². The SMILES string of the molecule is C[Si](C)(C)O[Si](C)(C)O[Si](C)(C)O[Si](C)(O[Si](C)(C)O[Si](C)(O[Si](C)(C)O[Si](C)(C)O[Si](C)(C)C)c1ccc(O)cc1)c1ccc(O)cc1. The molecule has 280 valence electrons. The van der Waals surface area contributed by atoms with E-state index in [2.05, 4.69) is 65.5 Å². The van der Waals surface area contributed by atoms with Crippen LogP contribution in [0.2, 0.25) is 118 Å². The van der Waals surface area contributed by atoms with E-state index in [9.17, 15) is 10.2 Å². The van der Waals surface area contributed by atoms with Gasteiger partial charge in [-0.1, -0.05) is 24.3 Å². The molecule has 0 radical (unpaired) electrons. The Labute approximate surface area is 306 Å². The zero-order chi connectivity index (χ0) is 38.1. The molecule has 0 saturated heterocycles. The maximum atomic E-state index is 10.2. The minimum atomic E-state index is -3.27. The molecule has 0 spiro atoms. The Kier molecular flexibility index (Phi) is 14.2.